The monoisotopic (exact) mass is 286 g/mol. The van der Waals surface area contributed by atoms with Crippen molar-refractivity contribution in [2.24, 2.45) is 11.7 Å². The molecule has 2 rings (SSSR count). The van der Waals surface area contributed by atoms with Crippen molar-refractivity contribution in [2.75, 3.05) is 18.5 Å². The number of hydrogen-bond acceptors (Lipinski definition) is 2. The number of nitrogens with two attached hydrogens (primary N) is 1. The molecule has 0 aliphatic heterocycles. The Kier molecular flexibility index (Phi) is 4.58. The molecule has 0 bridgehead atoms. The lowest BCUT2D eigenvalue weighted by molar-refractivity contribution is -0.137. The van der Waals surface area contributed by atoms with Crippen molar-refractivity contribution in [3.05, 3.63) is 29.3 Å². The molecule has 1 aromatic carbocycles. The van der Waals surface area contributed by atoms with Crippen molar-refractivity contribution in [2.45, 2.75) is 38.4 Å². The van der Waals surface area contributed by atoms with E-state index in [1.165, 1.54) is 18.9 Å². The van der Waals surface area contributed by atoms with E-state index in [0.717, 1.165) is 12.8 Å². The van der Waals surface area contributed by atoms with E-state index < -0.39 is 11.7 Å². The summed E-state index contributed by atoms with van der Waals surface area (Å²) in [6.45, 7) is 0.806. The van der Waals surface area contributed by atoms with E-state index in [-0.39, 0.29) is 12.2 Å². The Morgan fingerprint density at radius 1 is 1.25 bits per heavy atom. The number of rotatable bonds is 4. The zero-order valence-corrected chi connectivity index (χ0v) is 11.7. The molecule has 1 aliphatic rings. The van der Waals surface area contributed by atoms with E-state index in [0.29, 0.717) is 18.0 Å². The maximum atomic E-state index is 13.2. The molecule has 0 aromatic heterocycles. The van der Waals surface area contributed by atoms with Gasteiger partial charge in [0, 0.05) is 25.8 Å². The molecule has 112 valence electrons. The molecule has 2 N–H and O–H groups in total. The Morgan fingerprint density at radius 2 is 1.90 bits per heavy atom. The van der Waals surface area contributed by atoms with Gasteiger partial charge in [-0.3, -0.25) is 0 Å². The zero-order valence-electron chi connectivity index (χ0n) is 11.7. The molecule has 1 aromatic rings. The van der Waals surface area contributed by atoms with Crippen LogP contribution in [0.1, 0.15) is 36.8 Å². The maximum Gasteiger partial charge on any atom is 0.418 e. The van der Waals surface area contributed by atoms with Gasteiger partial charge >= 0.3 is 6.18 Å². The lowest BCUT2D eigenvalue weighted by Gasteiger charge is -2.26. The molecule has 20 heavy (non-hydrogen) atoms. The summed E-state index contributed by atoms with van der Waals surface area (Å²) < 4.78 is 39.5. The standard InChI is InChI=1S/C15H21F3N2/c1-20(10-11-4-2-3-5-11)14-7-6-12(9-19)8-13(14)15(16,17)18/h6-8,11H,2-5,9-10,19H2,1H3. The van der Waals surface area contributed by atoms with Crippen molar-refractivity contribution in [3.63, 3.8) is 0 Å². The first-order valence-corrected chi connectivity index (χ1v) is 7.03. The van der Waals surface area contributed by atoms with Crippen LogP contribution in [0.5, 0.6) is 0 Å². The molecular formula is C15H21F3N2. The fraction of sp³-hybridized carbons (Fsp3) is 0.600. The van der Waals surface area contributed by atoms with Gasteiger partial charge in [0.1, 0.15) is 0 Å². The van der Waals surface area contributed by atoms with Crippen LogP contribution in [0.15, 0.2) is 18.2 Å². The van der Waals surface area contributed by atoms with Crippen molar-refractivity contribution < 1.29 is 13.2 Å². The summed E-state index contributed by atoms with van der Waals surface area (Å²) in [4.78, 5) is 1.74. The third kappa shape index (κ3) is 3.45. The maximum absolute atomic E-state index is 13.2. The highest BCUT2D eigenvalue weighted by Crippen LogP contribution is 2.38. The zero-order chi connectivity index (χ0) is 14.8. The summed E-state index contributed by atoms with van der Waals surface area (Å²) in [5.74, 6) is 0.510. The van der Waals surface area contributed by atoms with Crippen LogP contribution in [0.4, 0.5) is 18.9 Å². The Bertz CT molecular complexity index is 451. The van der Waals surface area contributed by atoms with Gasteiger partial charge in [-0.15, -0.1) is 0 Å². The summed E-state index contributed by atoms with van der Waals surface area (Å²) in [7, 11) is 1.74. The molecule has 0 unspecified atom stereocenters. The molecule has 0 radical (unpaired) electrons. The van der Waals surface area contributed by atoms with Crippen molar-refractivity contribution >= 4 is 5.69 Å². The van der Waals surface area contributed by atoms with Crippen LogP contribution >= 0.6 is 0 Å². The minimum atomic E-state index is -4.34. The van der Waals surface area contributed by atoms with E-state index in [2.05, 4.69) is 0 Å². The van der Waals surface area contributed by atoms with Crippen LogP contribution in [0.3, 0.4) is 0 Å². The van der Waals surface area contributed by atoms with Gasteiger partial charge < -0.3 is 10.6 Å². The molecule has 1 saturated carbocycles. The van der Waals surface area contributed by atoms with Gasteiger partial charge in [-0.25, -0.2) is 0 Å². The van der Waals surface area contributed by atoms with Gasteiger partial charge in [-0.05, 0) is 36.5 Å². The van der Waals surface area contributed by atoms with Crippen LogP contribution in [-0.2, 0) is 12.7 Å². The first kappa shape index (κ1) is 15.2. The summed E-state index contributed by atoms with van der Waals surface area (Å²) in [5, 5.41) is 0. The van der Waals surface area contributed by atoms with E-state index in [1.54, 1.807) is 24.1 Å². The highest BCUT2D eigenvalue weighted by atomic mass is 19.4. The minimum Gasteiger partial charge on any atom is -0.374 e. The Balaban J connectivity index is 2.24. The second kappa shape index (κ2) is 6.04. The molecule has 2 nitrogen and oxygen atoms in total. The van der Waals surface area contributed by atoms with E-state index in [1.807, 2.05) is 0 Å². The first-order valence-electron chi connectivity index (χ1n) is 7.03. The second-order valence-corrected chi connectivity index (χ2v) is 5.58. The van der Waals surface area contributed by atoms with Gasteiger partial charge in [0.25, 0.3) is 0 Å². The Morgan fingerprint density at radius 3 is 2.45 bits per heavy atom. The third-order valence-electron chi connectivity index (χ3n) is 4.02. The fourth-order valence-electron chi connectivity index (χ4n) is 2.95. The molecule has 0 saturated heterocycles. The van der Waals surface area contributed by atoms with Gasteiger partial charge in [0.2, 0.25) is 0 Å². The first-order chi connectivity index (χ1) is 9.41. The smallest absolute Gasteiger partial charge is 0.374 e. The quantitative estimate of drug-likeness (QED) is 0.912. The fourth-order valence-corrected chi connectivity index (χ4v) is 2.95. The van der Waals surface area contributed by atoms with Crippen LogP contribution in [0, 0.1) is 5.92 Å². The predicted molar refractivity (Wildman–Crippen MR) is 74.6 cm³/mol. The van der Waals surface area contributed by atoms with Crippen molar-refractivity contribution in [1.82, 2.24) is 0 Å². The van der Waals surface area contributed by atoms with E-state index >= 15 is 0 Å². The molecule has 1 aliphatic carbocycles. The average molecular weight is 286 g/mol. The van der Waals surface area contributed by atoms with Crippen LogP contribution in [0.2, 0.25) is 0 Å². The summed E-state index contributed by atoms with van der Waals surface area (Å²) in [6, 6.07) is 4.39. The highest BCUT2D eigenvalue weighted by Gasteiger charge is 2.35. The van der Waals surface area contributed by atoms with Crippen LogP contribution in [0.25, 0.3) is 0 Å². The molecular weight excluding hydrogens is 265 g/mol. The van der Waals surface area contributed by atoms with E-state index in [9.17, 15) is 13.2 Å². The molecule has 0 atom stereocenters. The Labute approximate surface area is 117 Å². The number of hydrogen-bond donors (Lipinski definition) is 1. The van der Waals surface area contributed by atoms with Crippen molar-refractivity contribution in [3.8, 4) is 0 Å². The lowest BCUT2D eigenvalue weighted by atomic mass is 10.0. The lowest BCUT2D eigenvalue weighted by Crippen LogP contribution is -2.26. The number of nitrogens with zero attached hydrogens (tertiary/aromatic N) is 1. The van der Waals surface area contributed by atoms with Gasteiger partial charge in [0.15, 0.2) is 0 Å². The van der Waals surface area contributed by atoms with Gasteiger partial charge in [-0.2, -0.15) is 13.2 Å². The van der Waals surface area contributed by atoms with Crippen LogP contribution in [-0.4, -0.2) is 13.6 Å². The van der Waals surface area contributed by atoms with E-state index in [4.69, 9.17) is 5.73 Å². The summed E-state index contributed by atoms with van der Waals surface area (Å²) in [6.07, 6.45) is 0.275. The highest BCUT2D eigenvalue weighted by molar-refractivity contribution is 5.56. The number of halogens is 3. The largest absolute Gasteiger partial charge is 0.418 e. The second-order valence-electron chi connectivity index (χ2n) is 5.58. The molecule has 0 heterocycles. The topological polar surface area (TPSA) is 29.3 Å². The number of alkyl halides is 3. The molecule has 5 heteroatoms. The SMILES string of the molecule is CN(CC1CCCC1)c1ccc(CN)cc1C(F)(F)F. The molecule has 0 amide bonds. The molecule has 0 spiro atoms. The minimum absolute atomic E-state index is 0.121. The third-order valence-corrected chi connectivity index (χ3v) is 4.02. The predicted octanol–water partition coefficient (Wildman–Crippen LogP) is 3.79. The normalized spacial score (nSPS) is 16.6. The molecule has 1 fully saturated rings. The number of anilines is 1. The average Bonchev–Trinajstić information content (AvgIpc) is 2.89. The number of benzene rings is 1. The summed E-state index contributed by atoms with van der Waals surface area (Å²) >= 11 is 0. The van der Waals surface area contributed by atoms with Gasteiger partial charge in [-0.1, -0.05) is 18.9 Å². The Hall–Kier alpha value is -1.23. The van der Waals surface area contributed by atoms with Crippen molar-refractivity contribution in [1.29, 1.82) is 0 Å². The summed E-state index contributed by atoms with van der Waals surface area (Å²) in [5.41, 5.74) is 5.62. The van der Waals surface area contributed by atoms with Crippen LogP contribution < -0.4 is 10.6 Å². The van der Waals surface area contributed by atoms with Gasteiger partial charge in [0.05, 0.1) is 5.56 Å².